The van der Waals surface area contributed by atoms with Crippen LogP contribution in [0, 0.1) is 0 Å². The van der Waals surface area contributed by atoms with E-state index in [0.29, 0.717) is 6.54 Å². The van der Waals surface area contributed by atoms with Gasteiger partial charge in [-0.05, 0) is 25.4 Å². The van der Waals surface area contributed by atoms with Crippen LogP contribution in [0.25, 0.3) is 0 Å². The quantitative estimate of drug-likeness (QED) is 0.682. The van der Waals surface area contributed by atoms with Crippen LogP contribution in [0.5, 0.6) is 0 Å². The summed E-state index contributed by atoms with van der Waals surface area (Å²) in [6, 6.07) is -0.543. The zero-order valence-corrected chi connectivity index (χ0v) is 8.69. The Morgan fingerprint density at radius 1 is 1.54 bits per heavy atom. The Kier molecular flexibility index (Phi) is 3.59. The fraction of sp³-hybridized carbons (Fsp3) is 0.750. The third kappa shape index (κ3) is 2.15. The Balaban J connectivity index is 2.52. The number of nitrogens with one attached hydrogen (secondary N) is 1. The summed E-state index contributed by atoms with van der Waals surface area (Å²) in [7, 11) is 0. The van der Waals surface area contributed by atoms with Gasteiger partial charge >= 0.3 is 6.03 Å². The molecule has 3 amide bonds. The van der Waals surface area contributed by atoms with E-state index in [9.17, 15) is 9.59 Å². The number of likely N-dealkylation sites (N-methyl/N-ethyl adjacent to an activating group) is 1. The zero-order chi connectivity index (χ0) is 9.84. The maximum absolute atomic E-state index is 11.5. The Bertz CT molecular complexity index is 220. The van der Waals surface area contributed by atoms with Gasteiger partial charge in [0.15, 0.2) is 0 Å². The molecule has 74 valence electrons. The SMILES string of the molecule is CCN1C(=O)NC(CCSC)C1=O. The summed E-state index contributed by atoms with van der Waals surface area (Å²) in [5.41, 5.74) is 0. The highest BCUT2D eigenvalue weighted by Crippen LogP contribution is 2.10. The summed E-state index contributed by atoms with van der Waals surface area (Å²) in [6.45, 7) is 2.26. The van der Waals surface area contributed by atoms with Crippen molar-refractivity contribution >= 4 is 23.7 Å². The fourth-order valence-corrected chi connectivity index (χ4v) is 1.78. The van der Waals surface area contributed by atoms with Gasteiger partial charge in [-0.1, -0.05) is 0 Å². The van der Waals surface area contributed by atoms with Crippen molar-refractivity contribution in [3.8, 4) is 0 Å². The Morgan fingerprint density at radius 3 is 2.69 bits per heavy atom. The second-order valence-electron chi connectivity index (χ2n) is 2.87. The van der Waals surface area contributed by atoms with Crippen molar-refractivity contribution in [2.45, 2.75) is 19.4 Å². The number of hydrogen-bond donors (Lipinski definition) is 1. The Morgan fingerprint density at radius 2 is 2.23 bits per heavy atom. The molecule has 0 aromatic heterocycles. The van der Waals surface area contributed by atoms with Crippen molar-refractivity contribution in [3.63, 3.8) is 0 Å². The average molecular weight is 202 g/mol. The molecular formula is C8H14N2O2S. The molecule has 1 N–H and O–H groups in total. The van der Waals surface area contributed by atoms with Crippen LogP contribution in [0.1, 0.15) is 13.3 Å². The molecule has 0 radical (unpaired) electrons. The number of rotatable bonds is 4. The van der Waals surface area contributed by atoms with E-state index in [1.165, 1.54) is 4.90 Å². The van der Waals surface area contributed by atoms with Crippen molar-refractivity contribution in [2.75, 3.05) is 18.6 Å². The molecule has 1 aliphatic rings. The van der Waals surface area contributed by atoms with E-state index in [4.69, 9.17) is 0 Å². The summed E-state index contributed by atoms with van der Waals surface area (Å²) in [5, 5.41) is 2.66. The first kappa shape index (κ1) is 10.4. The van der Waals surface area contributed by atoms with Crippen LogP contribution in [0.3, 0.4) is 0 Å². The topological polar surface area (TPSA) is 49.4 Å². The molecule has 0 aromatic carbocycles. The summed E-state index contributed by atoms with van der Waals surface area (Å²) >= 11 is 1.68. The average Bonchev–Trinajstić information content (AvgIpc) is 2.38. The molecule has 0 spiro atoms. The predicted octanol–water partition coefficient (Wildman–Crippen LogP) is 0.680. The molecule has 4 nitrogen and oxygen atoms in total. The zero-order valence-electron chi connectivity index (χ0n) is 7.87. The van der Waals surface area contributed by atoms with E-state index in [0.717, 1.165) is 12.2 Å². The van der Waals surface area contributed by atoms with Gasteiger partial charge in [0.05, 0.1) is 0 Å². The third-order valence-corrected chi connectivity index (χ3v) is 2.68. The molecule has 1 heterocycles. The highest BCUT2D eigenvalue weighted by molar-refractivity contribution is 7.98. The van der Waals surface area contributed by atoms with Crippen molar-refractivity contribution in [2.24, 2.45) is 0 Å². The lowest BCUT2D eigenvalue weighted by Crippen LogP contribution is -2.31. The van der Waals surface area contributed by atoms with Gasteiger partial charge in [-0.2, -0.15) is 11.8 Å². The van der Waals surface area contributed by atoms with Crippen LogP contribution in [0.4, 0.5) is 4.79 Å². The van der Waals surface area contributed by atoms with E-state index < -0.39 is 0 Å². The molecular weight excluding hydrogens is 188 g/mol. The van der Waals surface area contributed by atoms with Crippen LogP contribution < -0.4 is 5.32 Å². The number of carbonyl (C=O) groups is 2. The second-order valence-corrected chi connectivity index (χ2v) is 3.85. The lowest BCUT2D eigenvalue weighted by Gasteiger charge is -2.08. The summed E-state index contributed by atoms with van der Waals surface area (Å²) in [4.78, 5) is 23.9. The maximum atomic E-state index is 11.5. The molecule has 0 aromatic rings. The van der Waals surface area contributed by atoms with Gasteiger partial charge in [-0.15, -0.1) is 0 Å². The van der Waals surface area contributed by atoms with Gasteiger partial charge in [-0.25, -0.2) is 4.79 Å². The van der Waals surface area contributed by atoms with Crippen LogP contribution >= 0.6 is 11.8 Å². The van der Waals surface area contributed by atoms with Crippen LogP contribution in [0.15, 0.2) is 0 Å². The van der Waals surface area contributed by atoms with E-state index in [1.807, 2.05) is 6.26 Å². The number of carbonyl (C=O) groups excluding carboxylic acids is 2. The molecule has 0 bridgehead atoms. The molecule has 1 unspecified atom stereocenters. The largest absolute Gasteiger partial charge is 0.326 e. The maximum Gasteiger partial charge on any atom is 0.324 e. The monoisotopic (exact) mass is 202 g/mol. The van der Waals surface area contributed by atoms with E-state index in [2.05, 4.69) is 5.32 Å². The lowest BCUT2D eigenvalue weighted by atomic mass is 10.2. The van der Waals surface area contributed by atoms with Crippen LogP contribution in [-0.4, -0.2) is 41.4 Å². The molecule has 0 saturated carbocycles. The van der Waals surface area contributed by atoms with Crippen molar-refractivity contribution in [3.05, 3.63) is 0 Å². The summed E-state index contributed by atoms with van der Waals surface area (Å²) < 4.78 is 0. The predicted molar refractivity (Wildman–Crippen MR) is 52.7 cm³/mol. The number of urea groups is 1. The fourth-order valence-electron chi connectivity index (χ4n) is 1.31. The number of thioether (sulfide) groups is 1. The normalized spacial score (nSPS) is 22.3. The van der Waals surface area contributed by atoms with Crippen LogP contribution in [-0.2, 0) is 4.79 Å². The van der Waals surface area contributed by atoms with Crippen molar-refractivity contribution in [1.29, 1.82) is 0 Å². The Hall–Kier alpha value is -0.710. The molecule has 1 rings (SSSR count). The molecule has 5 heteroatoms. The van der Waals surface area contributed by atoms with E-state index >= 15 is 0 Å². The highest BCUT2D eigenvalue weighted by atomic mass is 32.2. The molecule has 1 aliphatic heterocycles. The summed E-state index contributed by atoms with van der Waals surface area (Å²) in [6.07, 6.45) is 2.71. The first-order chi connectivity index (χ1) is 6.20. The van der Waals surface area contributed by atoms with Gasteiger partial charge in [0, 0.05) is 6.54 Å². The first-order valence-corrected chi connectivity index (χ1v) is 5.71. The van der Waals surface area contributed by atoms with Crippen molar-refractivity contribution < 1.29 is 9.59 Å². The number of nitrogens with zero attached hydrogens (tertiary/aromatic N) is 1. The first-order valence-electron chi connectivity index (χ1n) is 4.31. The molecule has 0 aliphatic carbocycles. The smallest absolute Gasteiger partial charge is 0.324 e. The Labute approximate surface area is 82.0 Å². The van der Waals surface area contributed by atoms with E-state index in [-0.39, 0.29) is 18.0 Å². The molecule has 1 fully saturated rings. The molecule has 1 atom stereocenters. The summed E-state index contributed by atoms with van der Waals surface area (Å²) in [5.74, 6) is 0.815. The minimum Gasteiger partial charge on any atom is -0.326 e. The highest BCUT2D eigenvalue weighted by Gasteiger charge is 2.35. The molecule has 13 heavy (non-hydrogen) atoms. The minimum absolute atomic E-state index is 0.0819. The minimum atomic E-state index is -0.292. The van der Waals surface area contributed by atoms with Gasteiger partial charge in [-0.3, -0.25) is 9.69 Å². The van der Waals surface area contributed by atoms with Gasteiger partial charge in [0.1, 0.15) is 6.04 Å². The number of amides is 3. The standard InChI is InChI=1S/C8H14N2O2S/c1-3-10-7(11)6(4-5-13-2)9-8(10)12/h6H,3-5H2,1-2H3,(H,9,12). The van der Waals surface area contributed by atoms with Gasteiger partial charge in [0.25, 0.3) is 5.91 Å². The van der Waals surface area contributed by atoms with E-state index in [1.54, 1.807) is 18.7 Å². The van der Waals surface area contributed by atoms with Gasteiger partial charge < -0.3 is 5.32 Å². The third-order valence-electron chi connectivity index (χ3n) is 2.03. The number of imide groups is 1. The van der Waals surface area contributed by atoms with Gasteiger partial charge in [0.2, 0.25) is 0 Å². The van der Waals surface area contributed by atoms with Crippen molar-refractivity contribution in [1.82, 2.24) is 10.2 Å². The lowest BCUT2D eigenvalue weighted by molar-refractivity contribution is -0.127. The van der Waals surface area contributed by atoms with Crippen LogP contribution in [0.2, 0.25) is 0 Å². The second kappa shape index (κ2) is 4.50. The number of hydrogen-bond acceptors (Lipinski definition) is 3. The molecule has 1 saturated heterocycles.